The van der Waals surface area contributed by atoms with E-state index >= 15 is 0 Å². The van der Waals surface area contributed by atoms with E-state index in [2.05, 4.69) is 13.0 Å². The Morgan fingerprint density at radius 3 is 2.68 bits per heavy atom. The molecule has 1 atom stereocenters. The van der Waals surface area contributed by atoms with E-state index < -0.39 is 0 Å². The lowest BCUT2D eigenvalue weighted by atomic mass is 10.1. The Morgan fingerprint density at radius 1 is 1.16 bits per heavy atom. The smallest absolute Gasteiger partial charge is 0.231 e. The number of methoxy groups -OCH3 is 2. The average Bonchev–Trinajstić information content (AvgIpc) is 2.79. The summed E-state index contributed by atoms with van der Waals surface area (Å²) >= 11 is 1.84. The first-order chi connectivity index (χ1) is 12.1. The van der Waals surface area contributed by atoms with E-state index in [1.54, 1.807) is 14.2 Å². The number of amides is 1. The predicted molar refractivity (Wildman–Crippen MR) is 102 cm³/mol. The Morgan fingerprint density at radius 2 is 1.92 bits per heavy atom. The lowest BCUT2D eigenvalue weighted by Gasteiger charge is -2.22. The number of carbonyl (C=O) groups excluding carboxylic acids is 1. The van der Waals surface area contributed by atoms with Crippen LogP contribution in [0.1, 0.15) is 18.9 Å². The second-order valence-electron chi connectivity index (χ2n) is 6.10. The molecular formula is C20H23NO3S. The van der Waals surface area contributed by atoms with Crippen LogP contribution in [0, 0.1) is 0 Å². The van der Waals surface area contributed by atoms with Crippen LogP contribution in [-0.2, 0) is 11.2 Å². The Hall–Kier alpha value is -2.14. The van der Waals surface area contributed by atoms with E-state index in [0.717, 1.165) is 24.2 Å². The van der Waals surface area contributed by atoms with Gasteiger partial charge in [0, 0.05) is 16.7 Å². The third-order valence-corrected chi connectivity index (χ3v) is 5.59. The standard InChI is InChI=1S/C20H23NO3S/c1-14-10-11-21(16-6-4-5-7-19(16)25-14)20(22)13-15-8-9-17(23-2)18(12-15)24-3/h4-9,12,14H,10-11,13H2,1-3H3/t14-/m1/s1. The summed E-state index contributed by atoms with van der Waals surface area (Å²) in [6, 6.07) is 13.8. The summed E-state index contributed by atoms with van der Waals surface area (Å²) in [7, 11) is 3.21. The number of para-hydroxylation sites is 1. The van der Waals surface area contributed by atoms with Crippen LogP contribution in [0.15, 0.2) is 47.4 Å². The summed E-state index contributed by atoms with van der Waals surface area (Å²) in [6.07, 6.45) is 1.32. The fourth-order valence-corrected chi connectivity index (χ4v) is 4.12. The first-order valence-electron chi connectivity index (χ1n) is 8.39. The normalized spacial score (nSPS) is 16.8. The fraction of sp³-hybridized carbons (Fsp3) is 0.350. The molecular weight excluding hydrogens is 334 g/mol. The maximum absolute atomic E-state index is 13.0. The number of carbonyl (C=O) groups is 1. The number of benzene rings is 2. The highest BCUT2D eigenvalue weighted by molar-refractivity contribution is 8.00. The van der Waals surface area contributed by atoms with Gasteiger partial charge in [-0.15, -0.1) is 11.8 Å². The van der Waals surface area contributed by atoms with Crippen molar-refractivity contribution in [1.29, 1.82) is 0 Å². The highest BCUT2D eigenvalue weighted by Gasteiger charge is 2.24. The Balaban J connectivity index is 1.84. The SMILES string of the molecule is COc1ccc(CC(=O)N2CC[C@@H](C)Sc3ccccc32)cc1OC. The van der Waals surface area contributed by atoms with E-state index in [-0.39, 0.29) is 5.91 Å². The van der Waals surface area contributed by atoms with Crippen molar-refractivity contribution in [3.63, 3.8) is 0 Å². The minimum atomic E-state index is 0.106. The van der Waals surface area contributed by atoms with Gasteiger partial charge in [-0.25, -0.2) is 0 Å². The van der Waals surface area contributed by atoms with Crippen LogP contribution in [0.3, 0.4) is 0 Å². The zero-order valence-corrected chi connectivity index (χ0v) is 15.6. The van der Waals surface area contributed by atoms with Crippen LogP contribution in [-0.4, -0.2) is 31.9 Å². The Bertz CT molecular complexity index is 762. The summed E-state index contributed by atoms with van der Waals surface area (Å²) in [5.74, 6) is 1.42. The summed E-state index contributed by atoms with van der Waals surface area (Å²) in [5, 5.41) is 0.500. The van der Waals surface area contributed by atoms with E-state index in [9.17, 15) is 4.79 Å². The minimum absolute atomic E-state index is 0.106. The maximum Gasteiger partial charge on any atom is 0.231 e. The highest BCUT2D eigenvalue weighted by Crippen LogP contribution is 2.37. The molecule has 0 saturated carbocycles. The van der Waals surface area contributed by atoms with E-state index in [1.807, 2.05) is 53.1 Å². The first-order valence-corrected chi connectivity index (χ1v) is 9.27. The third-order valence-electron chi connectivity index (χ3n) is 4.35. The van der Waals surface area contributed by atoms with Gasteiger partial charge in [0.15, 0.2) is 11.5 Å². The molecule has 0 radical (unpaired) electrons. The third kappa shape index (κ3) is 3.93. The number of ether oxygens (including phenoxy) is 2. The molecule has 5 heteroatoms. The molecule has 1 heterocycles. The van der Waals surface area contributed by atoms with Crippen molar-refractivity contribution in [3.8, 4) is 11.5 Å². The summed E-state index contributed by atoms with van der Waals surface area (Å²) in [5.41, 5.74) is 1.94. The largest absolute Gasteiger partial charge is 0.493 e. The molecule has 132 valence electrons. The number of hydrogen-bond donors (Lipinski definition) is 0. The number of thioether (sulfide) groups is 1. The summed E-state index contributed by atoms with van der Waals surface area (Å²) < 4.78 is 10.6. The van der Waals surface area contributed by atoms with Crippen LogP contribution in [0.2, 0.25) is 0 Å². The lowest BCUT2D eigenvalue weighted by molar-refractivity contribution is -0.118. The summed E-state index contributed by atoms with van der Waals surface area (Å²) in [4.78, 5) is 16.1. The van der Waals surface area contributed by atoms with Crippen molar-refractivity contribution in [1.82, 2.24) is 0 Å². The molecule has 0 bridgehead atoms. The molecule has 1 aliphatic rings. The molecule has 2 aromatic rings. The van der Waals surface area contributed by atoms with Gasteiger partial charge < -0.3 is 14.4 Å². The van der Waals surface area contributed by atoms with Gasteiger partial charge in [-0.1, -0.05) is 25.1 Å². The molecule has 0 unspecified atom stereocenters. The zero-order valence-electron chi connectivity index (χ0n) is 14.8. The van der Waals surface area contributed by atoms with Crippen molar-refractivity contribution in [3.05, 3.63) is 48.0 Å². The van der Waals surface area contributed by atoms with Gasteiger partial charge in [-0.3, -0.25) is 4.79 Å². The van der Waals surface area contributed by atoms with E-state index in [4.69, 9.17) is 9.47 Å². The molecule has 1 amide bonds. The van der Waals surface area contributed by atoms with Crippen molar-refractivity contribution in [2.75, 3.05) is 25.7 Å². The van der Waals surface area contributed by atoms with E-state index in [1.165, 1.54) is 4.90 Å². The number of hydrogen-bond acceptors (Lipinski definition) is 4. The van der Waals surface area contributed by atoms with Crippen molar-refractivity contribution >= 4 is 23.4 Å². The highest BCUT2D eigenvalue weighted by atomic mass is 32.2. The number of fused-ring (bicyclic) bond motifs is 1. The molecule has 0 fully saturated rings. The average molecular weight is 357 g/mol. The van der Waals surface area contributed by atoms with Crippen LogP contribution in [0.25, 0.3) is 0 Å². The number of nitrogens with zero attached hydrogens (tertiary/aromatic N) is 1. The monoisotopic (exact) mass is 357 g/mol. The fourth-order valence-electron chi connectivity index (χ4n) is 3.01. The van der Waals surface area contributed by atoms with Crippen molar-refractivity contribution in [2.24, 2.45) is 0 Å². The molecule has 2 aromatic carbocycles. The molecule has 1 aliphatic heterocycles. The van der Waals surface area contributed by atoms with Crippen LogP contribution < -0.4 is 14.4 Å². The van der Waals surface area contributed by atoms with Crippen molar-refractivity contribution in [2.45, 2.75) is 29.9 Å². The number of rotatable bonds is 4. The molecule has 4 nitrogen and oxygen atoms in total. The predicted octanol–water partition coefficient (Wildman–Crippen LogP) is 4.16. The van der Waals surface area contributed by atoms with Gasteiger partial charge in [0.25, 0.3) is 0 Å². The molecule has 3 rings (SSSR count). The first kappa shape index (κ1) is 17.7. The summed E-state index contributed by atoms with van der Waals surface area (Å²) in [6.45, 7) is 2.96. The Labute approximate surface area is 153 Å². The topological polar surface area (TPSA) is 38.8 Å². The minimum Gasteiger partial charge on any atom is -0.493 e. The van der Waals surface area contributed by atoms with E-state index in [0.29, 0.717) is 23.2 Å². The van der Waals surface area contributed by atoms with Crippen LogP contribution in [0.5, 0.6) is 11.5 Å². The quantitative estimate of drug-likeness (QED) is 0.823. The zero-order chi connectivity index (χ0) is 17.8. The van der Waals surface area contributed by atoms with Crippen molar-refractivity contribution < 1.29 is 14.3 Å². The van der Waals surface area contributed by atoms with Gasteiger partial charge in [0.2, 0.25) is 5.91 Å². The Kier molecular flexibility index (Phi) is 5.53. The van der Waals surface area contributed by atoms with Gasteiger partial charge in [0.05, 0.1) is 26.3 Å². The van der Waals surface area contributed by atoms with Crippen LogP contribution >= 0.6 is 11.8 Å². The molecule has 25 heavy (non-hydrogen) atoms. The molecule has 0 aromatic heterocycles. The number of anilines is 1. The second kappa shape index (κ2) is 7.83. The second-order valence-corrected chi connectivity index (χ2v) is 7.58. The molecule has 0 N–H and O–H groups in total. The molecule has 0 spiro atoms. The maximum atomic E-state index is 13.0. The van der Waals surface area contributed by atoms with Gasteiger partial charge in [0.1, 0.15) is 0 Å². The van der Waals surface area contributed by atoms with Gasteiger partial charge >= 0.3 is 0 Å². The molecule has 0 aliphatic carbocycles. The van der Waals surface area contributed by atoms with Crippen LogP contribution in [0.4, 0.5) is 5.69 Å². The lowest BCUT2D eigenvalue weighted by Crippen LogP contribution is -2.33. The molecule has 0 saturated heterocycles. The van der Waals surface area contributed by atoms with Gasteiger partial charge in [-0.2, -0.15) is 0 Å². The van der Waals surface area contributed by atoms with Gasteiger partial charge in [-0.05, 0) is 36.2 Å².